The van der Waals surface area contributed by atoms with Gasteiger partial charge in [0.25, 0.3) is 0 Å². The van der Waals surface area contributed by atoms with Gasteiger partial charge in [0.15, 0.2) is 0 Å². The second-order valence-corrected chi connectivity index (χ2v) is 8.95. The molecule has 6 nitrogen and oxygen atoms in total. The zero-order valence-electron chi connectivity index (χ0n) is 19.1. The predicted octanol–water partition coefficient (Wildman–Crippen LogP) is 4.42. The summed E-state index contributed by atoms with van der Waals surface area (Å²) in [5.41, 5.74) is 1.16. The van der Waals surface area contributed by atoms with Crippen molar-refractivity contribution in [3.63, 3.8) is 0 Å². The van der Waals surface area contributed by atoms with E-state index in [4.69, 9.17) is 9.47 Å². The third kappa shape index (κ3) is 5.62. The van der Waals surface area contributed by atoms with Crippen molar-refractivity contribution in [3.05, 3.63) is 65.7 Å². The summed E-state index contributed by atoms with van der Waals surface area (Å²) in [5, 5.41) is 0. The second kappa shape index (κ2) is 10.6. The number of fused-ring (bicyclic) bond motifs is 3. The number of hydrogen-bond acceptors (Lipinski definition) is 5. The van der Waals surface area contributed by atoms with Crippen LogP contribution in [0.15, 0.2) is 54.6 Å². The van der Waals surface area contributed by atoms with Gasteiger partial charge in [-0.25, -0.2) is 4.79 Å². The first-order valence-electron chi connectivity index (χ1n) is 11.9. The molecule has 2 aromatic rings. The van der Waals surface area contributed by atoms with Crippen molar-refractivity contribution in [2.24, 2.45) is 11.8 Å². The summed E-state index contributed by atoms with van der Waals surface area (Å²) in [7, 11) is 0. The summed E-state index contributed by atoms with van der Waals surface area (Å²) >= 11 is 0. The van der Waals surface area contributed by atoms with Crippen molar-refractivity contribution in [2.45, 2.75) is 51.5 Å². The molecule has 1 amide bonds. The molecule has 0 N–H and O–H groups in total. The van der Waals surface area contributed by atoms with Crippen molar-refractivity contribution in [2.75, 3.05) is 13.2 Å². The second-order valence-electron chi connectivity index (χ2n) is 8.95. The molecule has 1 atom stereocenters. The lowest BCUT2D eigenvalue weighted by Crippen LogP contribution is -2.51. The van der Waals surface area contributed by atoms with Crippen molar-refractivity contribution >= 4 is 17.8 Å². The average Bonchev–Trinajstić information content (AvgIpc) is 2.85. The zero-order chi connectivity index (χ0) is 23.2. The number of nitrogens with zero attached hydrogens (tertiary/aromatic N) is 1. The molecule has 6 heteroatoms. The Morgan fingerprint density at radius 1 is 0.970 bits per heavy atom. The molecule has 2 heterocycles. The van der Waals surface area contributed by atoms with E-state index in [2.05, 4.69) is 0 Å². The maximum Gasteiger partial charge on any atom is 0.341 e. The number of carbonyl (C=O) groups is 3. The molecule has 3 aliphatic rings. The lowest BCUT2D eigenvalue weighted by Gasteiger charge is -2.45. The van der Waals surface area contributed by atoms with Gasteiger partial charge in [0.05, 0.1) is 12.5 Å². The first-order chi connectivity index (χ1) is 16.0. The fourth-order valence-electron chi connectivity index (χ4n) is 4.96. The number of rotatable bonds is 8. The third-order valence-corrected chi connectivity index (χ3v) is 6.70. The molecule has 174 valence electrons. The molecule has 2 saturated heterocycles. The van der Waals surface area contributed by atoms with Crippen LogP contribution in [0.4, 0.5) is 0 Å². The Hall–Kier alpha value is -3.15. The summed E-state index contributed by atoms with van der Waals surface area (Å²) in [5.74, 6) is -0.943. The lowest BCUT2D eigenvalue weighted by molar-refractivity contribution is -0.147. The van der Waals surface area contributed by atoms with Gasteiger partial charge in [0.1, 0.15) is 11.3 Å². The molecule has 3 fully saturated rings. The minimum absolute atomic E-state index is 0.0148. The molecular formula is C27H31NO5. The molecule has 2 aliphatic heterocycles. The topological polar surface area (TPSA) is 72.9 Å². The molecule has 0 spiro atoms. The highest BCUT2D eigenvalue weighted by Gasteiger charge is 2.38. The Balaban J connectivity index is 1.52. The predicted molar refractivity (Wildman–Crippen MR) is 124 cm³/mol. The molecule has 0 unspecified atom stereocenters. The van der Waals surface area contributed by atoms with Gasteiger partial charge in [-0.3, -0.25) is 9.59 Å². The number of benzene rings is 2. The van der Waals surface area contributed by atoms with Crippen molar-refractivity contribution in [1.29, 1.82) is 0 Å². The van der Waals surface area contributed by atoms with Crippen LogP contribution in [0.2, 0.25) is 0 Å². The van der Waals surface area contributed by atoms with E-state index in [-0.39, 0.29) is 30.2 Å². The number of piperidine rings is 2. The monoisotopic (exact) mass is 449 g/mol. The SMILES string of the molecule is CCOC(=O)c1ccccc1OC(=O)[C@H](CC(=O)N1CC2CCC1CC2)Cc1ccccc1. The van der Waals surface area contributed by atoms with Crippen LogP contribution in [0.25, 0.3) is 0 Å². The van der Waals surface area contributed by atoms with Crippen molar-refractivity contribution in [1.82, 2.24) is 4.90 Å². The molecule has 0 radical (unpaired) electrons. The minimum atomic E-state index is -0.643. The molecule has 1 aliphatic carbocycles. The maximum atomic E-state index is 13.3. The van der Waals surface area contributed by atoms with E-state index in [1.165, 1.54) is 12.8 Å². The summed E-state index contributed by atoms with van der Waals surface area (Å²) < 4.78 is 10.8. The van der Waals surface area contributed by atoms with E-state index in [1.807, 2.05) is 35.2 Å². The number of para-hydroxylation sites is 1. The van der Waals surface area contributed by atoms with Crippen LogP contribution < -0.4 is 4.74 Å². The number of ether oxygens (including phenoxy) is 2. The quantitative estimate of drug-likeness (QED) is 0.441. The third-order valence-electron chi connectivity index (χ3n) is 6.70. The van der Waals surface area contributed by atoms with Gasteiger partial charge in [-0.1, -0.05) is 42.5 Å². The van der Waals surface area contributed by atoms with Gasteiger partial charge in [0, 0.05) is 19.0 Å². The van der Waals surface area contributed by atoms with E-state index >= 15 is 0 Å². The van der Waals surface area contributed by atoms with E-state index in [0.717, 1.165) is 24.9 Å². The average molecular weight is 450 g/mol. The lowest BCUT2D eigenvalue weighted by atomic mass is 9.79. The van der Waals surface area contributed by atoms with Crippen LogP contribution in [0.3, 0.4) is 0 Å². The summed E-state index contributed by atoms with van der Waals surface area (Å²) in [6, 6.07) is 16.5. The highest BCUT2D eigenvalue weighted by Crippen LogP contribution is 2.35. The highest BCUT2D eigenvalue weighted by atomic mass is 16.5. The number of carbonyl (C=O) groups excluding carboxylic acids is 3. The Bertz CT molecular complexity index is 981. The standard InChI is InChI=1S/C27H31NO5/c1-2-32-27(31)23-10-6-7-11-24(23)33-26(30)21(16-19-8-4-3-5-9-19)17-25(29)28-18-20-12-14-22(28)15-13-20/h3-11,20-22H,2,12-18H2,1H3/t20?,21-,22?/m0/s1. The molecule has 2 aromatic carbocycles. The Kier molecular flexibility index (Phi) is 7.43. The van der Waals surface area contributed by atoms with Gasteiger partial charge in [0.2, 0.25) is 5.91 Å². The van der Waals surface area contributed by atoms with Crippen LogP contribution in [0.1, 0.15) is 54.9 Å². The van der Waals surface area contributed by atoms with Gasteiger partial charge in [-0.15, -0.1) is 0 Å². The Morgan fingerprint density at radius 3 is 2.33 bits per heavy atom. The molecular weight excluding hydrogens is 418 g/mol. The van der Waals surface area contributed by atoms with Crippen LogP contribution in [-0.2, 0) is 20.7 Å². The van der Waals surface area contributed by atoms with Gasteiger partial charge in [-0.2, -0.15) is 0 Å². The fourth-order valence-corrected chi connectivity index (χ4v) is 4.96. The summed E-state index contributed by atoms with van der Waals surface area (Å²) in [6.07, 6.45) is 4.98. The minimum Gasteiger partial charge on any atom is -0.462 e. The van der Waals surface area contributed by atoms with Crippen molar-refractivity contribution < 1.29 is 23.9 Å². The Labute approximate surface area is 194 Å². The normalized spacial score (nSPS) is 20.2. The number of esters is 2. The van der Waals surface area contributed by atoms with Crippen LogP contribution >= 0.6 is 0 Å². The zero-order valence-corrected chi connectivity index (χ0v) is 19.1. The van der Waals surface area contributed by atoms with Crippen LogP contribution in [0.5, 0.6) is 5.75 Å². The number of hydrogen-bond donors (Lipinski definition) is 0. The Morgan fingerprint density at radius 2 is 1.67 bits per heavy atom. The maximum absolute atomic E-state index is 13.3. The van der Waals surface area contributed by atoms with Gasteiger partial charge < -0.3 is 14.4 Å². The van der Waals surface area contributed by atoms with Gasteiger partial charge in [-0.05, 0) is 62.6 Å². The summed E-state index contributed by atoms with van der Waals surface area (Å²) in [6.45, 7) is 2.74. The fraction of sp³-hybridized carbons (Fsp3) is 0.444. The highest BCUT2D eigenvalue weighted by molar-refractivity contribution is 5.94. The van der Waals surface area contributed by atoms with E-state index in [1.54, 1.807) is 31.2 Å². The first kappa shape index (κ1) is 23.0. The van der Waals surface area contributed by atoms with Crippen LogP contribution in [0, 0.1) is 11.8 Å². The molecule has 1 saturated carbocycles. The molecule has 5 rings (SSSR count). The largest absolute Gasteiger partial charge is 0.462 e. The molecule has 33 heavy (non-hydrogen) atoms. The smallest absolute Gasteiger partial charge is 0.341 e. The first-order valence-corrected chi connectivity index (χ1v) is 11.9. The van der Waals surface area contributed by atoms with E-state index in [0.29, 0.717) is 18.4 Å². The van der Waals surface area contributed by atoms with E-state index in [9.17, 15) is 14.4 Å². The van der Waals surface area contributed by atoms with Gasteiger partial charge >= 0.3 is 11.9 Å². The summed E-state index contributed by atoms with van der Waals surface area (Å²) in [4.78, 5) is 40.8. The van der Waals surface area contributed by atoms with Crippen LogP contribution in [-0.4, -0.2) is 41.9 Å². The van der Waals surface area contributed by atoms with Crippen molar-refractivity contribution in [3.8, 4) is 5.75 Å². The molecule has 2 bridgehead atoms. The number of amides is 1. The molecule has 0 aromatic heterocycles. The van der Waals surface area contributed by atoms with E-state index < -0.39 is 17.9 Å².